The van der Waals surface area contributed by atoms with Crippen molar-refractivity contribution in [1.29, 1.82) is 0 Å². The number of carbonyl (C=O) groups excluding carboxylic acids is 1. The summed E-state index contributed by atoms with van der Waals surface area (Å²) in [6, 6.07) is 8.53. The van der Waals surface area contributed by atoms with Gasteiger partial charge in [-0.05, 0) is 30.5 Å². The number of halogens is 1. The number of likely N-dealkylation sites (tertiary alicyclic amines) is 1. The van der Waals surface area contributed by atoms with Gasteiger partial charge in [0.25, 0.3) is 0 Å². The molecule has 1 aliphatic heterocycles. The van der Waals surface area contributed by atoms with E-state index in [1.165, 1.54) is 5.56 Å². The molecule has 2 rings (SSSR count). The molecule has 1 amide bonds. The predicted octanol–water partition coefficient (Wildman–Crippen LogP) is 3.40. The molecule has 0 aromatic heterocycles. The molecular weight excluding hydrogens is 479 g/mol. The second-order valence-corrected chi connectivity index (χ2v) is 8.44. The fourth-order valence-electron chi connectivity index (χ4n) is 3.45. The number of ether oxygens (including phenoxy) is 1. The topological polar surface area (TPSA) is 66.0 Å². The van der Waals surface area contributed by atoms with Crippen LogP contribution in [-0.2, 0) is 10.2 Å². The molecule has 2 N–H and O–H groups in total. The van der Waals surface area contributed by atoms with E-state index in [1.54, 1.807) is 14.2 Å². The maximum atomic E-state index is 12.1. The number of hydrogen-bond acceptors (Lipinski definition) is 3. The van der Waals surface area contributed by atoms with Crippen LogP contribution in [0.2, 0.25) is 0 Å². The molecule has 0 radical (unpaired) electrons. The Bertz CT molecular complexity index is 683. The molecule has 1 fully saturated rings. The molecule has 1 saturated heterocycles. The van der Waals surface area contributed by atoms with Crippen molar-refractivity contribution in [3.05, 3.63) is 29.8 Å². The van der Waals surface area contributed by atoms with E-state index in [1.807, 2.05) is 30.9 Å². The van der Waals surface area contributed by atoms with Gasteiger partial charge in [-0.25, -0.2) is 0 Å². The minimum Gasteiger partial charge on any atom is -0.497 e. The number of benzene rings is 1. The van der Waals surface area contributed by atoms with Crippen molar-refractivity contribution in [2.75, 3.05) is 33.8 Å². The summed E-state index contributed by atoms with van der Waals surface area (Å²) in [5.41, 5.74) is 1.15. The van der Waals surface area contributed by atoms with E-state index in [2.05, 4.69) is 41.6 Å². The summed E-state index contributed by atoms with van der Waals surface area (Å²) in [6.45, 7) is 10.7. The Morgan fingerprint density at radius 3 is 2.52 bits per heavy atom. The van der Waals surface area contributed by atoms with Gasteiger partial charge in [0.2, 0.25) is 5.91 Å². The summed E-state index contributed by atoms with van der Waals surface area (Å²) in [5, 5.41) is 6.98. The number of nitrogens with one attached hydrogen (secondary N) is 2. The lowest BCUT2D eigenvalue weighted by molar-refractivity contribution is -0.135. The summed E-state index contributed by atoms with van der Waals surface area (Å²) < 4.78 is 5.35. The van der Waals surface area contributed by atoms with Gasteiger partial charge in [0, 0.05) is 44.1 Å². The maximum Gasteiger partial charge on any atom is 0.225 e. The van der Waals surface area contributed by atoms with Gasteiger partial charge in [-0.15, -0.1) is 24.0 Å². The molecule has 0 saturated carbocycles. The summed E-state index contributed by atoms with van der Waals surface area (Å²) in [7, 11) is 3.49. The van der Waals surface area contributed by atoms with Gasteiger partial charge >= 0.3 is 0 Å². The number of carbonyl (C=O) groups is 1. The van der Waals surface area contributed by atoms with E-state index in [0.717, 1.165) is 44.2 Å². The van der Waals surface area contributed by atoms with Gasteiger partial charge < -0.3 is 20.3 Å². The van der Waals surface area contributed by atoms with Gasteiger partial charge in [-0.2, -0.15) is 0 Å². The summed E-state index contributed by atoms with van der Waals surface area (Å²) in [5.74, 6) is 2.00. The highest BCUT2D eigenvalue weighted by Gasteiger charge is 2.26. The van der Waals surface area contributed by atoms with Crippen molar-refractivity contribution in [1.82, 2.24) is 15.5 Å². The van der Waals surface area contributed by atoms with E-state index in [-0.39, 0.29) is 41.2 Å². The Hall–Kier alpha value is -1.51. The van der Waals surface area contributed by atoms with E-state index < -0.39 is 0 Å². The average molecular weight is 516 g/mol. The van der Waals surface area contributed by atoms with Crippen LogP contribution in [0.5, 0.6) is 5.75 Å². The van der Waals surface area contributed by atoms with Crippen molar-refractivity contribution >= 4 is 35.8 Å². The lowest BCUT2D eigenvalue weighted by Crippen LogP contribution is -2.51. The molecule has 164 valence electrons. The normalized spacial score (nSPS) is 15.7. The van der Waals surface area contributed by atoms with Crippen molar-refractivity contribution in [3.63, 3.8) is 0 Å². The Morgan fingerprint density at radius 2 is 1.97 bits per heavy atom. The Balaban J connectivity index is 0.00000420. The number of piperidine rings is 1. The summed E-state index contributed by atoms with van der Waals surface area (Å²) in [4.78, 5) is 18.5. The Morgan fingerprint density at radius 1 is 1.31 bits per heavy atom. The Labute approximate surface area is 192 Å². The number of guanidine groups is 1. The monoisotopic (exact) mass is 516 g/mol. The highest BCUT2D eigenvalue weighted by atomic mass is 127. The van der Waals surface area contributed by atoms with Crippen LogP contribution in [0.3, 0.4) is 0 Å². The fraction of sp³-hybridized carbons (Fsp3) is 0.636. The van der Waals surface area contributed by atoms with Crippen molar-refractivity contribution < 1.29 is 9.53 Å². The molecule has 29 heavy (non-hydrogen) atoms. The third-order valence-corrected chi connectivity index (χ3v) is 5.41. The molecule has 0 bridgehead atoms. The number of hydrogen-bond donors (Lipinski definition) is 2. The number of nitrogens with zero attached hydrogens (tertiary/aromatic N) is 2. The standard InChI is InChI=1S/C22H36N4O2.HI/c1-16(2)20(27)26-12-10-18(11-13-26)25-21(23-5)24-15-22(3,4)17-8-7-9-19(14-17)28-6;/h7-9,14,16,18H,10-13,15H2,1-6H3,(H2,23,24,25);1H. The molecule has 7 heteroatoms. The minimum absolute atomic E-state index is 0. The summed E-state index contributed by atoms with van der Waals surface area (Å²) >= 11 is 0. The minimum atomic E-state index is -0.0702. The quantitative estimate of drug-likeness (QED) is 0.346. The van der Waals surface area contributed by atoms with Gasteiger partial charge in [-0.3, -0.25) is 9.79 Å². The van der Waals surface area contributed by atoms with Crippen molar-refractivity contribution in [3.8, 4) is 5.75 Å². The zero-order valence-corrected chi connectivity index (χ0v) is 20.9. The SMILES string of the molecule is CN=C(NCC(C)(C)c1cccc(OC)c1)NC1CCN(C(=O)C(C)C)CC1.I. The second kappa shape index (κ2) is 11.6. The molecule has 0 atom stereocenters. The molecule has 0 aliphatic carbocycles. The highest BCUT2D eigenvalue weighted by Crippen LogP contribution is 2.25. The molecule has 6 nitrogen and oxygen atoms in total. The third-order valence-electron chi connectivity index (χ3n) is 5.41. The lowest BCUT2D eigenvalue weighted by Gasteiger charge is -2.34. The van der Waals surface area contributed by atoms with E-state index in [4.69, 9.17) is 4.74 Å². The first-order chi connectivity index (χ1) is 13.3. The van der Waals surface area contributed by atoms with Gasteiger partial charge in [0.1, 0.15) is 5.75 Å². The molecule has 0 spiro atoms. The number of rotatable bonds is 6. The first kappa shape index (κ1) is 25.5. The Kier molecular flexibility index (Phi) is 10.2. The van der Waals surface area contributed by atoms with Crippen molar-refractivity contribution in [2.24, 2.45) is 10.9 Å². The maximum absolute atomic E-state index is 12.1. The van der Waals surface area contributed by atoms with E-state index in [0.29, 0.717) is 6.04 Å². The van der Waals surface area contributed by atoms with Crippen LogP contribution in [0, 0.1) is 5.92 Å². The third kappa shape index (κ3) is 7.35. The molecule has 1 heterocycles. The molecule has 1 aromatic rings. The molecule has 0 unspecified atom stereocenters. The fourth-order valence-corrected chi connectivity index (χ4v) is 3.45. The second-order valence-electron chi connectivity index (χ2n) is 8.44. The van der Waals surface area contributed by atoms with E-state index in [9.17, 15) is 4.79 Å². The van der Waals surface area contributed by atoms with Gasteiger partial charge in [-0.1, -0.05) is 39.8 Å². The zero-order chi connectivity index (χ0) is 20.7. The van der Waals surface area contributed by atoms with Crippen LogP contribution in [0.15, 0.2) is 29.3 Å². The molecular formula is C22H37IN4O2. The van der Waals surface area contributed by atoms with Crippen LogP contribution in [0.25, 0.3) is 0 Å². The molecule has 1 aliphatic rings. The van der Waals surface area contributed by atoms with Gasteiger partial charge in [0.05, 0.1) is 7.11 Å². The first-order valence-corrected chi connectivity index (χ1v) is 10.2. The summed E-state index contributed by atoms with van der Waals surface area (Å²) in [6.07, 6.45) is 1.89. The van der Waals surface area contributed by atoms with Crippen LogP contribution in [0.1, 0.15) is 46.1 Å². The number of aliphatic imine (C=N–C) groups is 1. The largest absolute Gasteiger partial charge is 0.497 e. The first-order valence-electron chi connectivity index (χ1n) is 10.2. The van der Waals surface area contributed by atoms with E-state index >= 15 is 0 Å². The smallest absolute Gasteiger partial charge is 0.225 e. The van der Waals surface area contributed by atoms with Crippen LogP contribution >= 0.6 is 24.0 Å². The van der Waals surface area contributed by atoms with Gasteiger partial charge in [0.15, 0.2) is 5.96 Å². The van der Waals surface area contributed by atoms with Crippen molar-refractivity contribution in [2.45, 2.75) is 52.0 Å². The zero-order valence-electron chi connectivity index (χ0n) is 18.6. The highest BCUT2D eigenvalue weighted by molar-refractivity contribution is 14.0. The van der Waals surface area contributed by atoms with Crippen LogP contribution in [0.4, 0.5) is 0 Å². The number of methoxy groups -OCH3 is 1. The molecule has 1 aromatic carbocycles. The average Bonchev–Trinajstić information content (AvgIpc) is 2.71. The van der Waals surface area contributed by atoms with Crippen LogP contribution < -0.4 is 15.4 Å². The predicted molar refractivity (Wildman–Crippen MR) is 130 cm³/mol. The lowest BCUT2D eigenvalue weighted by atomic mass is 9.84. The number of amides is 1. The van der Waals surface area contributed by atoms with Crippen LogP contribution in [-0.4, -0.2) is 56.6 Å².